The molecule has 0 saturated carbocycles. The number of hydrogen-bond acceptors (Lipinski definition) is 5. The Bertz CT molecular complexity index is 292. The number of unbranched alkanes of at least 4 members (excludes halogenated alkanes) is 3. The second-order valence-corrected chi connectivity index (χ2v) is 4.18. The van der Waals surface area contributed by atoms with Crippen molar-refractivity contribution in [2.24, 2.45) is 5.73 Å². The van der Waals surface area contributed by atoms with Gasteiger partial charge >= 0.3 is 12.1 Å². The van der Waals surface area contributed by atoms with Gasteiger partial charge in [0, 0.05) is 12.1 Å². The Morgan fingerprint density at radius 3 is 2.37 bits per heavy atom. The molecule has 0 rings (SSSR count). The first-order chi connectivity index (χ1) is 9.07. The van der Waals surface area contributed by atoms with Crippen molar-refractivity contribution in [2.75, 3.05) is 26.3 Å². The van der Waals surface area contributed by atoms with Crippen molar-refractivity contribution < 1.29 is 19.1 Å². The molecule has 0 aromatic carbocycles. The molecule has 0 spiro atoms. The zero-order chi connectivity index (χ0) is 14.5. The summed E-state index contributed by atoms with van der Waals surface area (Å²) in [6, 6.07) is 0. The van der Waals surface area contributed by atoms with E-state index in [1.807, 2.05) is 0 Å². The number of ether oxygens (including phenoxy) is 2. The molecule has 110 valence electrons. The summed E-state index contributed by atoms with van der Waals surface area (Å²) in [5.74, 6) is -0.482. The van der Waals surface area contributed by atoms with Gasteiger partial charge in [-0.1, -0.05) is 19.4 Å². The minimum atomic E-state index is -0.495. The maximum Gasteiger partial charge on any atom is 0.407 e. The molecule has 0 unspecified atom stereocenters. The summed E-state index contributed by atoms with van der Waals surface area (Å²) in [7, 11) is 0. The molecule has 0 heterocycles. The summed E-state index contributed by atoms with van der Waals surface area (Å²) in [4.78, 5) is 22.2. The second-order valence-electron chi connectivity index (χ2n) is 4.18. The van der Waals surface area contributed by atoms with E-state index >= 15 is 0 Å². The monoisotopic (exact) mass is 272 g/mol. The van der Waals surface area contributed by atoms with Crippen molar-refractivity contribution in [3.05, 3.63) is 12.2 Å². The lowest BCUT2D eigenvalue weighted by molar-refractivity contribution is -0.139. The van der Waals surface area contributed by atoms with E-state index in [-0.39, 0.29) is 13.2 Å². The van der Waals surface area contributed by atoms with Crippen LogP contribution < -0.4 is 11.1 Å². The number of nitrogens with one attached hydrogen (secondary N) is 1. The highest BCUT2D eigenvalue weighted by molar-refractivity contribution is 5.86. The third-order valence-electron chi connectivity index (χ3n) is 2.30. The van der Waals surface area contributed by atoms with Gasteiger partial charge in [0.05, 0.1) is 0 Å². The number of amides is 1. The van der Waals surface area contributed by atoms with Crippen LogP contribution >= 0.6 is 0 Å². The van der Waals surface area contributed by atoms with Crippen molar-refractivity contribution in [1.29, 1.82) is 0 Å². The zero-order valence-electron chi connectivity index (χ0n) is 11.6. The van der Waals surface area contributed by atoms with Crippen molar-refractivity contribution in [3.63, 3.8) is 0 Å². The van der Waals surface area contributed by atoms with Gasteiger partial charge in [0.15, 0.2) is 0 Å². The van der Waals surface area contributed by atoms with E-state index in [0.717, 1.165) is 25.7 Å². The van der Waals surface area contributed by atoms with Gasteiger partial charge in [-0.2, -0.15) is 0 Å². The Balaban J connectivity index is 3.35. The number of rotatable bonds is 10. The molecule has 0 radical (unpaired) electrons. The predicted octanol–water partition coefficient (Wildman–Crippen LogP) is 1.35. The van der Waals surface area contributed by atoms with Gasteiger partial charge in [-0.05, 0) is 26.3 Å². The van der Waals surface area contributed by atoms with Crippen LogP contribution in [0.15, 0.2) is 12.2 Å². The summed E-state index contributed by atoms with van der Waals surface area (Å²) in [6.07, 6.45) is 3.53. The van der Waals surface area contributed by atoms with E-state index in [4.69, 9.17) is 15.2 Å². The molecule has 0 aromatic heterocycles. The standard InChI is InChI=1S/C13H24N2O4/c1-11(2)12(16)18-9-10-19-13(17)15-8-6-4-3-5-7-14/h1,3-10,14H2,2H3,(H,15,17). The van der Waals surface area contributed by atoms with Crippen LogP contribution in [0.25, 0.3) is 0 Å². The van der Waals surface area contributed by atoms with Crippen LogP contribution in [0.4, 0.5) is 4.79 Å². The maximum atomic E-state index is 11.2. The molecule has 6 nitrogen and oxygen atoms in total. The highest BCUT2D eigenvalue weighted by Crippen LogP contribution is 1.97. The topological polar surface area (TPSA) is 90.6 Å². The fourth-order valence-corrected chi connectivity index (χ4v) is 1.26. The van der Waals surface area contributed by atoms with Gasteiger partial charge in [0.1, 0.15) is 13.2 Å². The molecule has 0 fully saturated rings. The summed E-state index contributed by atoms with van der Waals surface area (Å²) in [5, 5.41) is 2.62. The number of esters is 1. The van der Waals surface area contributed by atoms with E-state index in [1.165, 1.54) is 0 Å². The average Bonchev–Trinajstić information content (AvgIpc) is 2.38. The van der Waals surface area contributed by atoms with Crippen molar-refractivity contribution in [2.45, 2.75) is 32.6 Å². The number of alkyl carbamates (subject to hydrolysis) is 1. The zero-order valence-corrected chi connectivity index (χ0v) is 11.6. The molecule has 6 heteroatoms. The van der Waals surface area contributed by atoms with Gasteiger partial charge in [0.25, 0.3) is 0 Å². The van der Waals surface area contributed by atoms with Crippen molar-refractivity contribution in [1.82, 2.24) is 5.32 Å². The van der Waals surface area contributed by atoms with Gasteiger partial charge in [-0.3, -0.25) is 0 Å². The molecular weight excluding hydrogens is 248 g/mol. The molecule has 0 saturated heterocycles. The van der Waals surface area contributed by atoms with Gasteiger partial charge < -0.3 is 20.5 Å². The molecule has 1 amide bonds. The number of nitrogens with two attached hydrogens (primary N) is 1. The summed E-state index contributed by atoms with van der Waals surface area (Å²) < 4.78 is 9.59. The fourth-order valence-electron chi connectivity index (χ4n) is 1.26. The predicted molar refractivity (Wildman–Crippen MR) is 72.6 cm³/mol. The molecule has 3 N–H and O–H groups in total. The van der Waals surface area contributed by atoms with E-state index in [1.54, 1.807) is 6.92 Å². The van der Waals surface area contributed by atoms with Crippen LogP contribution in [0.5, 0.6) is 0 Å². The molecule has 19 heavy (non-hydrogen) atoms. The lowest BCUT2D eigenvalue weighted by Crippen LogP contribution is -2.27. The first-order valence-corrected chi connectivity index (χ1v) is 6.51. The highest BCUT2D eigenvalue weighted by atomic mass is 16.6. The van der Waals surface area contributed by atoms with Crippen molar-refractivity contribution in [3.8, 4) is 0 Å². The van der Waals surface area contributed by atoms with E-state index in [9.17, 15) is 9.59 Å². The number of carbonyl (C=O) groups excluding carboxylic acids is 2. The van der Waals surface area contributed by atoms with E-state index in [0.29, 0.717) is 18.7 Å². The lowest BCUT2D eigenvalue weighted by atomic mass is 10.2. The lowest BCUT2D eigenvalue weighted by Gasteiger charge is -2.07. The van der Waals surface area contributed by atoms with Crippen LogP contribution in [0.2, 0.25) is 0 Å². The molecule has 0 aromatic rings. The summed E-state index contributed by atoms with van der Waals surface area (Å²) in [6.45, 7) is 6.36. The first kappa shape index (κ1) is 17.4. The molecule has 0 aliphatic heterocycles. The molecule has 0 bridgehead atoms. The Morgan fingerprint density at radius 1 is 1.11 bits per heavy atom. The largest absolute Gasteiger partial charge is 0.459 e. The quantitative estimate of drug-likeness (QED) is 0.356. The normalized spacial score (nSPS) is 9.79. The van der Waals surface area contributed by atoms with Gasteiger partial charge in [0.2, 0.25) is 0 Å². The smallest absolute Gasteiger partial charge is 0.407 e. The average molecular weight is 272 g/mol. The molecule has 0 atom stereocenters. The highest BCUT2D eigenvalue weighted by Gasteiger charge is 2.04. The third kappa shape index (κ3) is 11.3. The molecule has 0 aliphatic rings. The van der Waals surface area contributed by atoms with E-state index < -0.39 is 12.1 Å². The Labute approximate surface area is 114 Å². The Kier molecular flexibility index (Phi) is 10.6. The number of hydrogen-bond donors (Lipinski definition) is 2. The van der Waals surface area contributed by atoms with Crippen LogP contribution in [0, 0.1) is 0 Å². The second kappa shape index (κ2) is 11.5. The molecular formula is C13H24N2O4. The first-order valence-electron chi connectivity index (χ1n) is 6.51. The summed E-state index contributed by atoms with van der Waals surface area (Å²) >= 11 is 0. The van der Waals surface area contributed by atoms with Crippen LogP contribution in [0.3, 0.4) is 0 Å². The van der Waals surface area contributed by atoms with Crippen LogP contribution in [0.1, 0.15) is 32.6 Å². The fraction of sp³-hybridized carbons (Fsp3) is 0.692. The van der Waals surface area contributed by atoms with Gasteiger partial charge in [-0.15, -0.1) is 0 Å². The summed E-state index contributed by atoms with van der Waals surface area (Å²) in [5.41, 5.74) is 5.69. The third-order valence-corrected chi connectivity index (χ3v) is 2.30. The Morgan fingerprint density at radius 2 is 1.74 bits per heavy atom. The van der Waals surface area contributed by atoms with Crippen LogP contribution in [-0.2, 0) is 14.3 Å². The molecule has 0 aliphatic carbocycles. The van der Waals surface area contributed by atoms with Crippen molar-refractivity contribution >= 4 is 12.1 Å². The van der Waals surface area contributed by atoms with Crippen LogP contribution in [-0.4, -0.2) is 38.4 Å². The minimum absolute atomic E-state index is 0.0373. The SMILES string of the molecule is C=C(C)C(=O)OCCOC(=O)NCCCCCCN. The minimum Gasteiger partial charge on any atom is -0.459 e. The maximum absolute atomic E-state index is 11.2. The van der Waals surface area contributed by atoms with E-state index in [2.05, 4.69) is 11.9 Å². The van der Waals surface area contributed by atoms with Gasteiger partial charge in [-0.25, -0.2) is 9.59 Å². The number of carbonyl (C=O) groups is 2. The Hall–Kier alpha value is -1.56.